The van der Waals surface area contributed by atoms with Crippen molar-refractivity contribution in [2.24, 2.45) is 5.73 Å². The zero-order chi connectivity index (χ0) is 17.3. The molecule has 0 saturated heterocycles. The molecule has 0 aliphatic heterocycles. The van der Waals surface area contributed by atoms with E-state index in [-0.39, 0.29) is 40.4 Å². The number of rotatable bonds is 6. The Morgan fingerprint density at radius 3 is 1.45 bits per heavy atom. The van der Waals surface area contributed by atoms with Crippen molar-refractivity contribution >= 4 is 11.6 Å². The van der Waals surface area contributed by atoms with Crippen LogP contribution in [0.1, 0.15) is 41.0 Å². The standard InChI is InChI=1S/C5H13N2.2C5H8O2.Cr/c1-2-4-7-5-3-6;2*1-4(6)3-5(2)7;/h2-6H2,1H3;2*3,6H,1-2H3;/q-1;;;+4/p+2/b;2*4-3-;. The zero-order valence-corrected chi connectivity index (χ0v) is 15.5. The van der Waals surface area contributed by atoms with E-state index in [1.807, 2.05) is 0 Å². The van der Waals surface area contributed by atoms with Crippen LogP contribution in [0.25, 0.3) is 5.32 Å². The van der Waals surface area contributed by atoms with E-state index in [1.54, 1.807) is 0 Å². The van der Waals surface area contributed by atoms with Gasteiger partial charge in [-0.05, 0) is 20.4 Å². The molecule has 0 aliphatic rings. The van der Waals surface area contributed by atoms with Gasteiger partial charge in [-0.15, -0.1) is 13.1 Å². The molecule has 0 aromatic rings. The quantitative estimate of drug-likeness (QED) is 0.294. The molecule has 0 radical (unpaired) electrons. The van der Waals surface area contributed by atoms with Crippen molar-refractivity contribution in [3.63, 3.8) is 0 Å². The van der Waals surface area contributed by atoms with E-state index in [2.05, 4.69) is 12.2 Å². The van der Waals surface area contributed by atoms with E-state index in [0.717, 1.165) is 19.5 Å². The van der Waals surface area contributed by atoms with Gasteiger partial charge in [-0.2, -0.15) is 0 Å². The normalized spacial score (nSPS) is 10.3. The second-order valence-electron chi connectivity index (χ2n) is 4.31. The van der Waals surface area contributed by atoms with Crippen LogP contribution in [0.4, 0.5) is 0 Å². The first-order valence-corrected chi connectivity index (χ1v) is 6.80. The van der Waals surface area contributed by atoms with Crippen LogP contribution in [0.3, 0.4) is 0 Å². The van der Waals surface area contributed by atoms with Crippen LogP contribution in [0, 0.1) is 0 Å². The monoisotopic (exact) mass is 355 g/mol. The average molecular weight is 355 g/mol. The SMILES string of the molecule is CC(=[OH+])/C=C(/C)O.CC(=[OH+])/C=C(/C)O.CCC[N-]CCN.[Cr+4]. The molecule has 0 bridgehead atoms. The summed E-state index contributed by atoms with van der Waals surface area (Å²) in [4.78, 5) is 16.8. The number of nitrogens with zero attached hydrogens (tertiary/aromatic N) is 1. The third-order valence-electron chi connectivity index (χ3n) is 1.50. The maximum atomic E-state index is 8.40. The Morgan fingerprint density at radius 2 is 1.32 bits per heavy atom. The van der Waals surface area contributed by atoms with Crippen molar-refractivity contribution in [2.75, 3.05) is 19.6 Å². The van der Waals surface area contributed by atoms with Crippen molar-refractivity contribution in [3.05, 3.63) is 29.0 Å². The fraction of sp³-hybridized carbons (Fsp3) is 0.600. The molecule has 0 heterocycles. The van der Waals surface area contributed by atoms with Crippen LogP contribution < -0.4 is 5.73 Å². The minimum atomic E-state index is 0. The molecule has 22 heavy (non-hydrogen) atoms. The predicted octanol–water partition coefficient (Wildman–Crippen LogP) is 2.75. The Bertz CT molecular complexity index is 302. The molecular weight excluding hydrogens is 324 g/mol. The summed E-state index contributed by atoms with van der Waals surface area (Å²) in [7, 11) is 0. The maximum Gasteiger partial charge on any atom is 4.00 e. The van der Waals surface area contributed by atoms with E-state index in [0.29, 0.717) is 6.54 Å². The van der Waals surface area contributed by atoms with E-state index in [9.17, 15) is 0 Å². The number of hydrogen-bond acceptors (Lipinski definition) is 3. The molecule has 0 aromatic carbocycles. The van der Waals surface area contributed by atoms with Gasteiger partial charge in [0.15, 0.2) is 0 Å². The Labute approximate surface area is 144 Å². The number of allylic oxidation sites excluding steroid dienone is 4. The van der Waals surface area contributed by atoms with Crippen molar-refractivity contribution in [1.29, 1.82) is 0 Å². The van der Waals surface area contributed by atoms with Crippen molar-refractivity contribution in [3.8, 4) is 0 Å². The van der Waals surface area contributed by atoms with Crippen molar-refractivity contribution in [1.82, 2.24) is 0 Å². The van der Waals surface area contributed by atoms with Crippen molar-refractivity contribution in [2.45, 2.75) is 41.0 Å². The molecule has 6 N–H and O–H groups in total. The number of nitrogens with two attached hydrogens (primary N) is 1. The summed E-state index contributed by atoms with van der Waals surface area (Å²) in [6.45, 7) is 10.6. The minimum absolute atomic E-state index is 0. The number of hydrogen-bond donors (Lipinski definition) is 3. The third-order valence-corrected chi connectivity index (χ3v) is 1.50. The van der Waals surface area contributed by atoms with Crippen LogP contribution in [-0.4, -0.2) is 51.0 Å². The molecule has 0 aromatic heterocycles. The van der Waals surface area contributed by atoms with Crippen LogP contribution in [0.5, 0.6) is 0 Å². The van der Waals surface area contributed by atoms with Gasteiger partial charge < -0.3 is 21.3 Å². The molecule has 6 nitrogen and oxygen atoms in total. The van der Waals surface area contributed by atoms with Gasteiger partial charge in [0.2, 0.25) is 0 Å². The van der Waals surface area contributed by atoms with Gasteiger partial charge in [0.05, 0.1) is 37.5 Å². The van der Waals surface area contributed by atoms with Gasteiger partial charge in [-0.25, -0.2) is 0 Å². The van der Waals surface area contributed by atoms with Crippen LogP contribution in [0.2, 0.25) is 0 Å². The van der Waals surface area contributed by atoms with Crippen LogP contribution >= 0.6 is 0 Å². The molecule has 0 saturated carbocycles. The minimum Gasteiger partial charge on any atom is -0.661 e. The van der Waals surface area contributed by atoms with Gasteiger partial charge in [-0.3, -0.25) is 9.59 Å². The first kappa shape index (κ1) is 29.0. The molecule has 0 spiro atoms. The first-order chi connectivity index (χ1) is 9.67. The molecule has 0 amide bonds. The number of aliphatic hydroxyl groups excluding tert-OH is 2. The summed E-state index contributed by atoms with van der Waals surface area (Å²) < 4.78 is 0. The van der Waals surface area contributed by atoms with Gasteiger partial charge in [0, 0.05) is 0 Å². The molecular formula is C15H31CrN2O4+5. The molecule has 126 valence electrons. The number of carbonyl (C=O) groups excluding carboxylic acids is 2. The van der Waals surface area contributed by atoms with Gasteiger partial charge >= 0.3 is 28.9 Å². The molecule has 0 fully saturated rings. The van der Waals surface area contributed by atoms with Crippen LogP contribution in [0.15, 0.2) is 23.7 Å². The smallest absolute Gasteiger partial charge is 0.661 e. The van der Waals surface area contributed by atoms with Gasteiger partial charge in [0.1, 0.15) is 0 Å². The second kappa shape index (κ2) is 22.2. The Balaban J connectivity index is -0.000000108. The molecule has 7 heteroatoms. The topological polar surface area (TPSA) is 123 Å². The third kappa shape index (κ3) is 51.0. The maximum absolute atomic E-state index is 8.40. The molecule has 0 rings (SSSR count). The Hall–Kier alpha value is -1.13. The Kier molecular flexibility index (Phi) is 29.2. The number of ketones is 2. The van der Waals surface area contributed by atoms with Gasteiger partial charge in [0.25, 0.3) is 0 Å². The van der Waals surface area contributed by atoms with E-state index < -0.39 is 0 Å². The zero-order valence-electron chi connectivity index (χ0n) is 14.2. The predicted molar refractivity (Wildman–Crippen MR) is 90.4 cm³/mol. The largest absolute Gasteiger partial charge is 4.00 e. The van der Waals surface area contributed by atoms with Gasteiger partial charge in [-0.1, -0.05) is 13.3 Å². The van der Waals surface area contributed by atoms with E-state index in [1.165, 1.54) is 39.8 Å². The van der Waals surface area contributed by atoms with Crippen molar-refractivity contribution < 1.29 is 37.2 Å². The fourth-order valence-electron chi connectivity index (χ4n) is 0.966. The van der Waals surface area contributed by atoms with E-state index >= 15 is 0 Å². The summed E-state index contributed by atoms with van der Waals surface area (Å²) in [5.41, 5.74) is 5.18. The summed E-state index contributed by atoms with van der Waals surface area (Å²) in [5.74, 6) is 0.500. The average Bonchev–Trinajstić information content (AvgIpc) is 2.27. The summed E-state index contributed by atoms with van der Waals surface area (Å²) in [6, 6.07) is 0. The molecule has 0 aliphatic carbocycles. The molecule has 0 unspecified atom stereocenters. The summed E-state index contributed by atoms with van der Waals surface area (Å²) >= 11 is 0. The van der Waals surface area contributed by atoms with Crippen LogP contribution in [-0.2, 0) is 17.4 Å². The fourth-order valence-corrected chi connectivity index (χ4v) is 0.966. The molecule has 0 atom stereocenters. The number of aliphatic hydroxyl groups is 2. The summed E-state index contributed by atoms with van der Waals surface area (Å²) in [6.07, 6.45) is 3.69. The second-order valence-corrected chi connectivity index (χ2v) is 4.31. The first-order valence-electron chi connectivity index (χ1n) is 6.80. The summed E-state index contributed by atoms with van der Waals surface area (Å²) in [5, 5.41) is 20.9. The van der Waals surface area contributed by atoms with E-state index in [4.69, 9.17) is 25.5 Å². The Morgan fingerprint density at radius 1 is 0.955 bits per heavy atom.